The lowest BCUT2D eigenvalue weighted by Crippen LogP contribution is -2.35. The molecule has 0 aromatic heterocycles. The minimum absolute atomic E-state index is 0.199. The van der Waals surface area contributed by atoms with Gasteiger partial charge in [-0.3, -0.25) is 4.90 Å². The van der Waals surface area contributed by atoms with Crippen LogP contribution in [0.3, 0.4) is 0 Å². The molecule has 0 aliphatic heterocycles. The Morgan fingerprint density at radius 3 is 2.35 bits per heavy atom. The van der Waals surface area contributed by atoms with Gasteiger partial charge in [0.15, 0.2) is 0 Å². The van der Waals surface area contributed by atoms with Crippen LogP contribution in [0.2, 0.25) is 0 Å². The van der Waals surface area contributed by atoms with Crippen LogP contribution in [-0.4, -0.2) is 40.9 Å². The quantitative estimate of drug-likeness (QED) is 0.760. The van der Waals surface area contributed by atoms with Crippen LogP contribution in [0, 0.1) is 0 Å². The molecule has 3 heteroatoms. The van der Waals surface area contributed by atoms with Crippen molar-refractivity contribution in [3.8, 4) is 0 Å². The highest BCUT2D eigenvalue weighted by Gasteiger charge is 2.15. The average molecular weight is 237 g/mol. The molecule has 0 unspecified atom stereocenters. The summed E-state index contributed by atoms with van der Waals surface area (Å²) in [5, 5.41) is 19.0. The molecule has 0 bridgehead atoms. The van der Waals surface area contributed by atoms with Crippen molar-refractivity contribution in [3.05, 3.63) is 35.9 Å². The third-order valence-electron chi connectivity index (χ3n) is 2.93. The van der Waals surface area contributed by atoms with Crippen LogP contribution in [0.1, 0.15) is 31.9 Å². The maximum atomic E-state index is 10.1. The Labute approximate surface area is 104 Å². The molecule has 0 aliphatic carbocycles. The maximum absolute atomic E-state index is 10.1. The van der Waals surface area contributed by atoms with Gasteiger partial charge in [-0.05, 0) is 25.8 Å². The van der Waals surface area contributed by atoms with E-state index in [1.807, 2.05) is 30.3 Å². The Hall–Kier alpha value is -0.900. The van der Waals surface area contributed by atoms with E-state index >= 15 is 0 Å². The van der Waals surface area contributed by atoms with Gasteiger partial charge in [0.2, 0.25) is 0 Å². The van der Waals surface area contributed by atoms with Gasteiger partial charge in [-0.2, -0.15) is 0 Å². The van der Waals surface area contributed by atoms with Crippen molar-refractivity contribution in [1.29, 1.82) is 0 Å². The van der Waals surface area contributed by atoms with Crippen LogP contribution >= 0.6 is 0 Å². The lowest BCUT2D eigenvalue weighted by atomic mass is 10.1. The highest BCUT2D eigenvalue weighted by Crippen LogP contribution is 2.15. The van der Waals surface area contributed by atoms with Gasteiger partial charge in [0, 0.05) is 25.7 Å². The molecule has 3 nitrogen and oxygen atoms in total. The fraction of sp³-hybridized carbons (Fsp3) is 0.571. The Balaban J connectivity index is 2.54. The molecule has 2 N–H and O–H groups in total. The number of nitrogens with zero attached hydrogens (tertiary/aromatic N) is 1. The van der Waals surface area contributed by atoms with E-state index in [0.29, 0.717) is 12.6 Å². The second-order valence-electron chi connectivity index (χ2n) is 4.59. The van der Waals surface area contributed by atoms with Crippen molar-refractivity contribution in [1.82, 2.24) is 4.90 Å². The van der Waals surface area contributed by atoms with Crippen molar-refractivity contribution >= 4 is 0 Å². The predicted molar refractivity (Wildman–Crippen MR) is 69.8 cm³/mol. The van der Waals surface area contributed by atoms with Crippen LogP contribution < -0.4 is 0 Å². The molecule has 1 aromatic carbocycles. The molecule has 0 saturated heterocycles. The standard InChI is InChI=1S/C14H23NO2/c1-12(2)15(9-6-10-16)11-14(17)13-7-4-3-5-8-13/h3-5,7-8,12,14,16-17H,6,9-11H2,1-2H3/t14-/m0/s1. The Bertz CT molecular complexity index is 300. The Morgan fingerprint density at radius 2 is 1.82 bits per heavy atom. The van der Waals surface area contributed by atoms with Gasteiger partial charge in [-0.25, -0.2) is 0 Å². The maximum Gasteiger partial charge on any atom is 0.0917 e. The van der Waals surface area contributed by atoms with Gasteiger partial charge >= 0.3 is 0 Å². The Kier molecular flexibility index (Phi) is 6.19. The molecule has 0 fully saturated rings. The van der Waals surface area contributed by atoms with Gasteiger partial charge in [0.25, 0.3) is 0 Å². The van der Waals surface area contributed by atoms with E-state index in [2.05, 4.69) is 18.7 Å². The van der Waals surface area contributed by atoms with Gasteiger partial charge in [-0.15, -0.1) is 0 Å². The highest BCUT2D eigenvalue weighted by atomic mass is 16.3. The minimum atomic E-state index is -0.461. The molecule has 0 saturated carbocycles. The average Bonchev–Trinajstić information content (AvgIpc) is 2.35. The van der Waals surface area contributed by atoms with E-state index in [1.54, 1.807) is 0 Å². The summed E-state index contributed by atoms with van der Waals surface area (Å²) in [7, 11) is 0. The predicted octanol–water partition coefficient (Wildman–Crippen LogP) is 1.81. The van der Waals surface area contributed by atoms with Crippen molar-refractivity contribution in [2.24, 2.45) is 0 Å². The first-order valence-electron chi connectivity index (χ1n) is 6.23. The summed E-state index contributed by atoms with van der Waals surface area (Å²) in [6, 6.07) is 10.1. The zero-order valence-electron chi connectivity index (χ0n) is 10.7. The fourth-order valence-electron chi connectivity index (χ4n) is 1.84. The van der Waals surface area contributed by atoms with Crippen LogP contribution in [0.15, 0.2) is 30.3 Å². The monoisotopic (exact) mass is 237 g/mol. The van der Waals surface area contributed by atoms with Gasteiger partial charge < -0.3 is 10.2 Å². The van der Waals surface area contributed by atoms with E-state index in [9.17, 15) is 5.11 Å². The molecular weight excluding hydrogens is 214 g/mol. The zero-order valence-corrected chi connectivity index (χ0v) is 10.7. The normalized spacial score (nSPS) is 13.3. The number of aliphatic hydroxyl groups excluding tert-OH is 2. The van der Waals surface area contributed by atoms with Crippen LogP contribution in [0.25, 0.3) is 0 Å². The van der Waals surface area contributed by atoms with Crippen LogP contribution in [0.4, 0.5) is 0 Å². The molecule has 0 amide bonds. The topological polar surface area (TPSA) is 43.7 Å². The molecule has 96 valence electrons. The lowest BCUT2D eigenvalue weighted by Gasteiger charge is -2.28. The highest BCUT2D eigenvalue weighted by molar-refractivity contribution is 5.17. The van der Waals surface area contributed by atoms with E-state index in [-0.39, 0.29) is 6.61 Å². The first-order chi connectivity index (χ1) is 8.15. The summed E-state index contributed by atoms with van der Waals surface area (Å²) in [4.78, 5) is 2.19. The molecule has 1 aromatic rings. The van der Waals surface area contributed by atoms with Crippen molar-refractivity contribution in [3.63, 3.8) is 0 Å². The smallest absolute Gasteiger partial charge is 0.0917 e. The molecular formula is C14H23NO2. The zero-order chi connectivity index (χ0) is 12.7. The first-order valence-corrected chi connectivity index (χ1v) is 6.23. The summed E-state index contributed by atoms with van der Waals surface area (Å²) in [6.45, 7) is 5.84. The minimum Gasteiger partial charge on any atom is -0.396 e. The van der Waals surface area contributed by atoms with E-state index < -0.39 is 6.10 Å². The number of aliphatic hydroxyl groups is 2. The van der Waals surface area contributed by atoms with Gasteiger partial charge in [0.1, 0.15) is 0 Å². The van der Waals surface area contributed by atoms with E-state index in [0.717, 1.165) is 18.5 Å². The fourth-order valence-corrected chi connectivity index (χ4v) is 1.84. The number of rotatable bonds is 7. The van der Waals surface area contributed by atoms with Crippen molar-refractivity contribution in [2.75, 3.05) is 19.7 Å². The summed E-state index contributed by atoms with van der Waals surface area (Å²) in [5.41, 5.74) is 0.946. The van der Waals surface area contributed by atoms with E-state index in [1.165, 1.54) is 0 Å². The molecule has 17 heavy (non-hydrogen) atoms. The SMILES string of the molecule is CC(C)N(CCCO)C[C@H](O)c1ccccc1. The van der Waals surface area contributed by atoms with Gasteiger partial charge in [0.05, 0.1) is 6.10 Å². The summed E-state index contributed by atoms with van der Waals surface area (Å²) in [5.74, 6) is 0. The van der Waals surface area contributed by atoms with Crippen LogP contribution in [-0.2, 0) is 0 Å². The number of hydrogen-bond acceptors (Lipinski definition) is 3. The van der Waals surface area contributed by atoms with Crippen LogP contribution in [0.5, 0.6) is 0 Å². The molecule has 1 rings (SSSR count). The molecule has 1 atom stereocenters. The number of benzene rings is 1. The Morgan fingerprint density at radius 1 is 1.18 bits per heavy atom. The van der Waals surface area contributed by atoms with Crippen molar-refractivity contribution < 1.29 is 10.2 Å². The third-order valence-corrected chi connectivity index (χ3v) is 2.93. The second-order valence-corrected chi connectivity index (χ2v) is 4.59. The lowest BCUT2D eigenvalue weighted by molar-refractivity contribution is 0.0903. The molecule has 0 aliphatic rings. The number of hydrogen-bond donors (Lipinski definition) is 2. The second kappa shape index (κ2) is 7.43. The first kappa shape index (κ1) is 14.2. The van der Waals surface area contributed by atoms with Gasteiger partial charge in [-0.1, -0.05) is 30.3 Å². The summed E-state index contributed by atoms with van der Waals surface area (Å²) in [6.07, 6.45) is 0.289. The molecule has 0 heterocycles. The molecule has 0 spiro atoms. The van der Waals surface area contributed by atoms with Crippen molar-refractivity contribution in [2.45, 2.75) is 32.4 Å². The summed E-state index contributed by atoms with van der Waals surface area (Å²) >= 11 is 0. The third kappa shape index (κ3) is 4.86. The largest absolute Gasteiger partial charge is 0.396 e. The summed E-state index contributed by atoms with van der Waals surface area (Å²) < 4.78 is 0. The molecule has 0 radical (unpaired) electrons. The van der Waals surface area contributed by atoms with E-state index in [4.69, 9.17) is 5.11 Å².